The molecule has 0 spiro atoms. The molecule has 1 saturated heterocycles. The first-order chi connectivity index (χ1) is 11.9. The van der Waals surface area contributed by atoms with E-state index in [0.717, 1.165) is 11.1 Å². The first-order valence-corrected chi connectivity index (χ1v) is 10.1. The van der Waals surface area contributed by atoms with E-state index in [1.54, 1.807) is 29.2 Å². The molecule has 0 aliphatic carbocycles. The molecular formula is C20H23NO3S. The van der Waals surface area contributed by atoms with Crippen molar-refractivity contribution in [2.75, 3.05) is 13.1 Å². The molecule has 5 heteroatoms. The standard InChI is InChI=1S/C20H23NO3S/c1-15-8-9-17(14-16(15)2)20(22)21-12-10-19(11-13-21)25(23,24)18-6-4-3-5-7-18/h3-9,14,19H,10-13H2,1-2H3. The summed E-state index contributed by atoms with van der Waals surface area (Å²) in [7, 11) is -3.33. The molecule has 0 saturated carbocycles. The van der Waals surface area contributed by atoms with Gasteiger partial charge in [0, 0.05) is 18.7 Å². The fourth-order valence-electron chi connectivity index (χ4n) is 3.23. The van der Waals surface area contributed by atoms with E-state index in [0.29, 0.717) is 36.4 Å². The number of hydrogen-bond acceptors (Lipinski definition) is 3. The molecule has 3 rings (SSSR count). The highest BCUT2D eigenvalue weighted by atomic mass is 32.2. The topological polar surface area (TPSA) is 54.5 Å². The summed E-state index contributed by atoms with van der Waals surface area (Å²) in [5.74, 6) is -0.0151. The second-order valence-electron chi connectivity index (χ2n) is 6.65. The molecular weight excluding hydrogens is 334 g/mol. The van der Waals surface area contributed by atoms with Crippen LogP contribution in [0.3, 0.4) is 0 Å². The molecule has 1 aliphatic heterocycles. The maximum atomic E-state index is 12.7. The minimum absolute atomic E-state index is 0.0151. The minimum Gasteiger partial charge on any atom is -0.339 e. The number of likely N-dealkylation sites (tertiary alicyclic amines) is 1. The number of benzene rings is 2. The van der Waals surface area contributed by atoms with Gasteiger partial charge in [-0.15, -0.1) is 0 Å². The van der Waals surface area contributed by atoms with Crippen LogP contribution >= 0.6 is 0 Å². The Morgan fingerprint density at radius 3 is 2.20 bits per heavy atom. The lowest BCUT2D eigenvalue weighted by molar-refractivity contribution is 0.0725. The molecule has 0 radical (unpaired) electrons. The molecule has 0 aromatic heterocycles. The lowest BCUT2D eigenvalue weighted by Gasteiger charge is -2.32. The average Bonchev–Trinajstić information content (AvgIpc) is 2.64. The van der Waals surface area contributed by atoms with Crippen LogP contribution < -0.4 is 0 Å². The van der Waals surface area contributed by atoms with Gasteiger partial charge >= 0.3 is 0 Å². The minimum atomic E-state index is -3.33. The fourth-order valence-corrected chi connectivity index (χ4v) is 4.98. The lowest BCUT2D eigenvalue weighted by Crippen LogP contribution is -2.42. The molecule has 1 amide bonds. The van der Waals surface area contributed by atoms with Gasteiger partial charge in [0.15, 0.2) is 9.84 Å². The van der Waals surface area contributed by atoms with Gasteiger partial charge < -0.3 is 4.90 Å². The quantitative estimate of drug-likeness (QED) is 0.846. The molecule has 132 valence electrons. The van der Waals surface area contributed by atoms with Gasteiger partial charge in [-0.05, 0) is 62.1 Å². The highest BCUT2D eigenvalue weighted by Crippen LogP contribution is 2.25. The Morgan fingerprint density at radius 2 is 1.60 bits per heavy atom. The second-order valence-corrected chi connectivity index (χ2v) is 8.88. The van der Waals surface area contributed by atoms with E-state index in [9.17, 15) is 13.2 Å². The van der Waals surface area contributed by atoms with Crippen molar-refractivity contribution in [3.63, 3.8) is 0 Å². The number of aryl methyl sites for hydroxylation is 2. The molecule has 2 aromatic rings. The van der Waals surface area contributed by atoms with Crippen LogP contribution in [0.15, 0.2) is 53.4 Å². The first kappa shape index (κ1) is 17.7. The Hall–Kier alpha value is -2.14. The number of carbonyl (C=O) groups excluding carboxylic acids is 1. The number of carbonyl (C=O) groups is 1. The van der Waals surface area contributed by atoms with Crippen molar-refractivity contribution in [2.24, 2.45) is 0 Å². The Bertz CT molecular complexity index is 867. The molecule has 0 atom stereocenters. The van der Waals surface area contributed by atoms with Crippen LogP contribution in [-0.2, 0) is 9.84 Å². The van der Waals surface area contributed by atoms with E-state index in [1.165, 1.54) is 0 Å². The van der Waals surface area contributed by atoms with Crippen LogP contribution in [0.25, 0.3) is 0 Å². The summed E-state index contributed by atoms with van der Waals surface area (Å²) in [6.07, 6.45) is 0.960. The molecule has 4 nitrogen and oxygen atoms in total. The lowest BCUT2D eigenvalue weighted by atomic mass is 10.0. The third kappa shape index (κ3) is 3.61. The van der Waals surface area contributed by atoms with Crippen molar-refractivity contribution in [3.05, 3.63) is 65.2 Å². The maximum Gasteiger partial charge on any atom is 0.253 e. The van der Waals surface area contributed by atoms with E-state index in [4.69, 9.17) is 0 Å². The number of piperidine rings is 1. The molecule has 1 heterocycles. The van der Waals surface area contributed by atoms with E-state index in [2.05, 4.69) is 0 Å². The van der Waals surface area contributed by atoms with Gasteiger partial charge in [-0.2, -0.15) is 0 Å². The van der Waals surface area contributed by atoms with Gasteiger partial charge in [0.2, 0.25) is 0 Å². The summed E-state index contributed by atoms with van der Waals surface area (Å²) in [6, 6.07) is 14.3. The highest BCUT2D eigenvalue weighted by Gasteiger charge is 2.32. The van der Waals surface area contributed by atoms with Crippen molar-refractivity contribution >= 4 is 15.7 Å². The van der Waals surface area contributed by atoms with Crippen LogP contribution in [0.4, 0.5) is 0 Å². The highest BCUT2D eigenvalue weighted by molar-refractivity contribution is 7.92. The number of amides is 1. The Labute approximate surface area is 149 Å². The van der Waals surface area contributed by atoms with Gasteiger partial charge in [0.05, 0.1) is 10.1 Å². The Kier molecular flexibility index (Phi) is 4.95. The van der Waals surface area contributed by atoms with Gasteiger partial charge in [0.1, 0.15) is 0 Å². The fraction of sp³-hybridized carbons (Fsp3) is 0.350. The normalized spacial score (nSPS) is 16.0. The molecule has 1 fully saturated rings. The van der Waals surface area contributed by atoms with Gasteiger partial charge in [-0.3, -0.25) is 4.79 Å². The van der Waals surface area contributed by atoms with E-state index < -0.39 is 15.1 Å². The predicted molar refractivity (Wildman–Crippen MR) is 98.5 cm³/mol. The zero-order valence-electron chi connectivity index (χ0n) is 14.6. The Balaban J connectivity index is 1.69. The number of nitrogens with zero attached hydrogens (tertiary/aromatic N) is 1. The third-order valence-electron chi connectivity index (χ3n) is 4.99. The van der Waals surface area contributed by atoms with Gasteiger partial charge in [-0.1, -0.05) is 24.3 Å². The van der Waals surface area contributed by atoms with Crippen molar-refractivity contribution in [3.8, 4) is 0 Å². The van der Waals surface area contributed by atoms with Crippen LogP contribution in [-0.4, -0.2) is 37.6 Å². The zero-order valence-corrected chi connectivity index (χ0v) is 15.4. The summed E-state index contributed by atoms with van der Waals surface area (Å²) in [4.78, 5) is 14.8. The second kappa shape index (κ2) is 7.00. The summed E-state index contributed by atoms with van der Waals surface area (Å²) >= 11 is 0. The summed E-state index contributed by atoms with van der Waals surface area (Å²) < 4.78 is 25.4. The zero-order chi connectivity index (χ0) is 18.0. The van der Waals surface area contributed by atoms with Crippen LogP contribution in [0.5, 0.6) is 0 Å². The number of sulfone groups is 1. The molecule has 1 aliphatic rings. The van der Waals surface area contributed by atoms with Crippen molar-refractivity contribution in [1.82, 2.24) is 4.90 Å². The van der Waals surface area contributed by atoms with Crippen LogP contribution in [0, 0.1) is 13.8 Å². The molecule has 2 aromatic carbocycles. The average molecular weight is 357 g/mol. The first-order valence-electron chi connectivity index (χ1n) is 8.55. The maximum absolute atomic E-state index is 12.7. The van der Waals surface area contributed by atoms with Crippen LogP contribution in [0.1, 0.15) is 34.3 Å². The van der Waals surface area contributed by atoms with E-state index >= 15 is 0 Å². The van der Waals surface area contributed by atoms with Gasteiger partial charge in [0.25, 0.3) is 5.91 Å². The summed E-state index contributed by atoms with van der Waals surface area (Å²) in [5, 5.41) is -0.418. The van der Waals surface area contributed by atoms with Gasteiger partial charge in [-0.25, -0.2) is 8.42 Å². The largest absolute Gasteiger partial charge is 0.339 e. The molecule has 25 heavy (non-hydrogen) atoms. The van der Waals surface area contributed by atoms with Crippen molar-refractivity contribution in [1.29, 1.82) is 0 Å². The third-order valence-corrected chi connectivity index (χ3v) is 7.27. The SMILES string of the molecule is Cc1ccc(C(=O)N2CCC(S(=O)(=O)c3ccccc3)CC2)cc1C. The van der Waals surface area contributed by atoms with Crippen molar-refractivity contribution < 1.29 is 13.2 Å². The predicted octanol–water partition coefficient (Wildman–Crippen LogP) is 3.38. The summed E-state index contributed by atoms with van der Waals surface area (Å²) in [6.45, 7) is 4.96. The molecule has 0 N–H and O–H groups in total. The summed E-state index contributed by atoms with van der Waals surface area (Å²) in [5.41, 5.74) is 2.92. The van der Waals surface area contributed by atoms with Crippen LogP contribution in [0.2, 0.25) is 0 Å². The van der Waals surface area contributed by atoms with E-state index in [1.807, 2.05) is 38.1 Å². The Morgan fingerprint density at radius 1 is 0.960 bits per heavy atom. The number of rotatable bonds is 3. The molecule has 0 unspecified atom stereocenters. The molecule has 0 bridgehead atoms. The monoisotopic (exact) mass is 357 g/mol. The number of hydrogen-bond donors (Lipinski definition) is 0. The van der Waals surface area contributed by atoms with E-state index in [-0.39, 0.29) is 5.91 Å². The van der Waals surface area contributed by atoms with Crippen molar-refractivity contribution in [2.45, 2.75) is 36.8 Å². The smallest absolute Gasteiger partial charge is 0.253 e.